The normalized spacial score (nSPS) is 13.7. The standard InChI is InChI=1S/C45H28S/c1-3-15-34(16-4-1)45(35-17-5-2-6-18-35)40-27-31(22-23-36(40)39-25-29-12-7-8-13-30(29)26-41(39)45)33-24-32-14-11-20-38-37-19-9-10-21-42(37)46-43(28-33)44(32)38/h1-28H. The maximum absolute atomic E-state index is 2.49. The van der Waals surface area contributed by atoms with Crippen LogP contribution in [-0.4, -0.2) is 0 Å². The zero-order chi connectivity index (χ0) is 30.2. The van der Waals surface area contributed by atoms with Gasteiger partial charge in [0.05, 0.1) is 5.41 Å². The van der Waals surface area contributed by atoms with Gasteiger partial charge in [0.1, 0.15) is 0 Å². The summed E-state index contributed by atoms with van der Waals surface area (Å²) in [5.74, 6) is 0. The van der Waals surface area contributed by atoms with Gasteiger partial charge < -0.3 is 0 Å². The second kappa shape index (κ2) is 9.81. The van der Waals surface area contributed by atoms with Gasteiger partial charge in [0.2, 0.25) is 0 Å². The Labute approximate surface area is 273 Å². The molecule has 8 aromatic rings. The average molecular weight is 601 g/mol. The van der Waals surface area contributed by atoms with Gasteiger partial charge >= 0.3 is 0 Å². The van der Waals surface area contributed by atoms with E-state index in [0.717, 1.165) is 0 Å². The number of hydrogen-bond acceptors (Lipinski definition) is 1. The summed E-state index contributed by atoms with van der Waals surface area (Å²) in [5, 5.41) is 5.19. The number of fused-ring (bicyclic) bond motifs is 6. The first-order chi connectivity index (χ1) is 22.8. The third-order valence-corrected chi connectivity index (χ3v) is 11.2. The Morgan fingerprint density at radius 2 is 0.978 bits per heavy atom. The molecule has 0 fully saturated rings. The lowest BCUT2D eigenvalue weighted by atomic mass is 9.67. The minimum atomic E-state index is -0.445. The van der Waals surface area contributed by atoms with E-state index in [9.17, 15) is 0 Å². The highest BCUT2D eigenvalue weighted by molar-refractivity contribution is 7.99. The lowest BCUT2D eigenvalue weighted by molar-refractivity contribution is 0.770. The largest absolute Gasteiger partial charge is 0.0888 e. The molecule has 10 rings (SSSR count). The van der Waals surface area contributed by atoms with Crippen LogP contribution in [0.3, 0.4) is 0 Å². The van der Waals surface area contributed by atoms with Crippen molar-refractivity contribution in [1.82, 2.24) is 0 Å². The Morgan fingerprint density at radius 3 is 1.76 bits per heavy atom. The molecule has 0 saturated heterocycles. The molecule has 1 aliphatic heterocycles. The van der Waals surface area contributed by atoms with Gasteiger partial charge in [0, 0.05) is 15.2 Å². The van der Waals surface area contributed by atoms with Crippen LogP contribution in [0.5, 0.6) is 0 Å². The van der Waals surface area contributed by atoms with Crippen molar-refractivity contribution in [3.8, 4) is 33.4 Å². The summed E-state index contributed by atoms with van der Waals surface area (Å²) >= 11 is 1.89. The molecule has 1 heteroatoms. The molecule has 0 saturated carbocycles. The molecule has 0 amide bonds. The summed E-state index contributed by atoms with van der Waals surface area (Å²) in [6.07, 6.45) is 0. The smallest absolute Gasteiger partial charge is 0.0714 e. The third-order valence-electron chi connectivity index (χ3n) is 10.1. The topological polar surface area (TPSA) is 0 Å². The van der Waals surface area contributed by atoms with Crippen LogP contribution in [-0.2, 0) is 5.41 Å². The Morgan fingerprint density at radius 1 is 0.348 bits per heavy atom. The van der Waals surface area contributed by atoms with E-state index in [1.807, 2.05) is 11.8 Å². The first kappa shape index (κ1) is 25.9. The number of benzene rings is 8. The Balaban J connectivity index is 1.27. The van der Waals surface area contributed by atoms with E-state index in [-0.39, 0.29) is 0 Å². The van der Waals surface area contributed by atoms with E-state index in [2.05, 4.69) is 170 Å². The van der Waals surface area contributed by atoms with E-state index < -0.39 is 5.41 Å². The van der Waals surface area contributed by atoms with Crippen molar-refractivity contribution in [3.63, 3.8) is 0 Å². The minimum Gasteiger partial charge on any atom is -0.0888 e. The Hall–Kier alpha value is -5.37. The molecule has 0 unspecified atom stereocenters. The second-order valence-corrected chi connectivity index (χ2v) is 13.5. The summed E-state index contributed by atoms with van der Waals surface area (Å²) in [4.78, 5) is 2.65. The Kier molecular flexibility index (Phi) is 5.53. The molecule has 8 aromatic carbocycles. The summed E-state index contributed by atoms with van der Waals surface area (Å²) in [6.45, 7) is 0. The first-order valence-electron chi connectivity index (χ1n) is 15.9. The molecule has 214 valence electrons. The molecule has 2 aliphatic rings. The number of rotatable bonds is 3. The molecule has 1 aliphatic carbocycles. The van der Waals surface area contributed by atoms with Crippen LogP contribution in [0, 0.1) is 0 Å². The summed E-state index contributed by atoms with van der Waals surface area (Å²) in [6, 6.07) is 63.4. The van der Waals surface area contributed by atoms with E-state index >= 15 is 0 Å². The fourth-order valence-electron chi connectivity index (χ4n) is 8.11. The second-order valence-electron chi connectivity index (χ2n) is 12.5. The third kappa shape index (κ3) is 3.58. The monoisotopic (exact) mass is 600 g/mol. The van der Waals surface area contributed by atoms with Crippen molar-refractivity contribution in [1.29, 1.82) is 0 Å². The molecule has 1 heterocycles. The fraction of sp³-hybridized carbons (Fsp3) is 0.0222. The molecular formula is C45H28S. The molecule has 0 N–H and O–H groups in total. The van der Waals surface area contributed by atoms with Crippen LogP contribution in [0.15, 0.2) is 180 Å². The average Bonchev–Trinajstić information content (AvgIpc) is 3.40. The van der Waals surface area contributed by atoms with Gasteiger partial charge in [0.15, 0.2) is 0 Å². The van der Waals surface area contributed by atoms with Gasteiger partial charge in [-0.3, -0.25) is 0 Å². The maximum atomic E-state index is 2.49. The van der Waals surface area contributed by atoms with E-state index in [1.54, 1.807) is 0 Å². The van der Waals surface area contributed by atoms with Gasteiger partial charge in [-0.25, -0.2) is 0 Å². The van der Waals surface area contributed by atoms with Crippen molar-refractivity contribution in [2.24, 2.45) is 0 Å². The lowest BCUT2D eigenvalue weighted by Gasteiger charge is -2.34. The van der Waals surface area contributed by atoms with Crippen LogP contribution in [0.25, 0.3) is 54.9 Å². The molecule has 0 aromatic heterocycles. The molecule has 0 bridgehead atoms. The summed E-state index contributed by atoms with van der Waals surface area (Å²) < 4.78 is 0. The highest BCUT2D eigenvalue weighted by atomic mass is 32.2. The molecule has 0 radical (unpaired) electrons. The molecular weight excluding hydrogens is 573 g/mol. The molecule has 0 nitrogen and oxygen atoms in total. The summed E-state index contributed by atoms with van der Waals surface area (Å²) in [7, 11) is 0. The van der Waals surface area contributed by atoms with Crippen molar-refractivity contribution in [3.05, 3.63) is 192 Å². The van der Waals surface area contributed by atoms with Gasteiger partial charge in [-0.15, -0.1) is 0 Å². The SMILES string of the molecule is c1ccc(C2(c3ccccc3)c3cc(-c4cc5c6c(cccc6c4)-c4ccccc4S5)ccc3-c3cc4ccccc4cc32)cc1. The van der Waals surface area contributed by atoms with Gasteiger partial charge in [-0.05, 0) is 108 Å². The van der Waals surface area contributed by atoms with Crippen LogP contribution in [0.2, 0.25) is 0 Å². The van der Waals surface area contributed by atoms with Gasteiger partial charge in [-0.1, -0.05) is 145 Å². The van der Waals surface area contributed by atoms with Crippen molar-refractivity contribution in [2.45, 2.75) is 15.2 Å². The molecule has 0 spiro atoms. The fourth-order valence-corrected chi connectivity index (χ4v) is 9.30. The van der Waals surface area contributed by atoms with Crippen molar-refractivity contribution in [2.75, 3.05) is 0 Å². The highest BCUT2D eigenvalue weighted by Gasteiger charge is 2.46. The van der Waals surface area contributed by atoms with Crippen LogP contribution >= 0.6 is 11.8 Å². The summed E-state index contributed by atoms with van der Waals surface area (Å²) in [5.41, 5.74) is 12.6. The predicted molar refractivity (Wildman–Crippen MR) is 194 cm³/mol. The van der Waals surface area contributed by atoms with E-state index in [4.69, 9.17) is 0 Å². The highest BCUT2D eigenvalue weighted by Crippen LogP contribution is 2.58. The van der Waals surface area contributed by atoms with Crippen LogP contribution in [0.1, 0.15) is 22.3 Å². The lowest BCUT2D eigenvalue weighted by Crippen LogP contribution is -2.28. The molecule has 46 heavy (non-hydrogen) atoms. The first-order valence-corrected chi connectivity index (χ1v) is 16.7. The number of hydrogen-bond donors (Lipinski definition) is 0. The van der Waals surface area contributed by atoms with Crippen molar-refractivity contribution < 1.29 is 0 Å². The zero-order valence-corrected chi connectivity index (χ0v) is 25.9. The maximum Gasteiger partial charge on any atom is 0.0714 e. The van der Waals surface area contributed by atoms with E-state index in [0.29, 0.717) is 0 Å². The van der Waals surface area contributed by atoms with Gasteiger partial charge in [0.25, 0.3) is 0 Å². The quantitative estimate of drug-likeness (QED) is 0.194. The van der Waals surface area contributed by atoms with Crippen LogP contribution < -0.4 is 0 Å². The predicted octanol–water partition coefficient (Wildman–Crippen LogP) is 12.2. The Bertz CT molecular complexity index is 2450. The van der Waals surface area contributed by atoms with Crippen LogP contribution in [0.4, 0.5) is 0 Å². The zero-order valence-electron chi connectivity index (χ0n) is 25.1. The molecule has 0 atom stereocenters. The minimum absolute atomic E-state index is 0.445. The van der Waals surface area contributed by atoms with Gasteiger partial charge in [-0.2, -0.15) is 0 Å². The van der Waals surface area contributed by atoms with E-state index in [1.165, 1.54) is 87.0 Å². The van der Waals surface area contributed by atoms with Crippen molar-refractivity contribution >= 4 is 33.3 Å².